The summed E-state index contributed by atoms with van der Waals surface area (Å²) >= 11 is 0. The van der Waals surface area contributed by atoms with Gasteiger partial charge >= 0.3 is 6.03 Å². The minimum atomic E-state index is -0.797. The van der Waals surface area contributed by atoms with Gasteiger partial charge in [-0.25, -0.2) is 4.79 Å². The van der Waals surface area contributed by atoms with Gasteiger partial charge < -0.3 is 20.3 Å². The molecule has 130 valence electrons. The van der Waals surface area contributed by atoms with Crippen molar-refractivity contribution in [3.8, 4) is 0 Å². The standard InChI is InChI=1S/C15H27N5O3/c1-4-16-13(17-7-10-23-3)20-8-5-11(6-9-20)15(2)12(21)18-14(22)19-15/h11H,4-10H2,1-3H3,(H,16,17)(H2,18,19,21,22). The second-order valence-electron chi connectivity index (χ2n) is 6.10. The van der Waals surface area contributed by atoms with E-state index in [2.05, 4.69) is 25.8 Å². The second-order valence-corrected chi connectivity index (χ2v) is 6.10. The predicted molar refractivity (Wildman–Crippen MR) is 87.2 cm³/mol. The molecule has 0 spiro atoms. The Morgan fingerprint density at radius 2 is 2.13 bits per heavy atom. The van der Waals surface area contributed by atoms with Crippen molar-refractivity contribution in [2.75, 3.05) is 39.9 Å². The topological polar surface area (TPSA) is 95.1 Å². The van der Waals surface area contributed by atoms with Crippen LogP contribution in [0.1, 0.15) is 26.7 Å². The molecule has 0 radical (unpaired) electrons. The normalized spacial score (nSPS) is 26.2. The maximum absolute atomic E-state index is 12.0. The van der Waals surface area contributed by atoms with Crippen molar-refractivity contribution in [3.05, 3.63) is 0 Å². The van der Waals surface area contributed by atoms with Crippen LogP contribution in [0.25, 0.3) is 0 Å². The molecule has 1 unspecified atom stereocenters. The van der Waals surface area contributed by atoms with Crippen molar-refractivity contribution in [1.82, 2.24) is 20.9 Å². The van der Waals surface area contributed by atoms with E-state index in [-0.39, 0.29) is 11.8 Å². The number of hydrogen-bond acceptors (Lipinski definition) is 4. The molecule has 2 rings (SSSR count). The van der Waals surface area contributed by atoms with Crippen molar-refractivity contribution in [1.29, 1.82) is 0 Å². The molecular formula is C15H27N5O3. The molecule has 8 heteroatoms. The quantitative estimate of drug-likeness (QED) is 0.284. The number of hydrogen-bond donors (Lipinski definition) is 3. The highest BCUT2D eigenvalue weighted by atomic mass is 16.5. The fraction of sp³-hybridized carbons (Fsp3) is 0.800. The smallest absolute Gasteiger partial charge is 0.322 e. The Morgan fingerprint density at radius 1 is 1.43 bits per heavy atom. The van der Waals surface area contributed by atoms with Crippen molar-refractivity contribution in [3.63, 3.8) is 0 Å². The number of aliphatic imine (C=N–C) groups is 1. The Bertz CT molecular complexity index is 474. The fourth-order valence-electron chi connectivity index (χ4n) is 3.18. The van der Waals surface area contributed by atoms with Crippen LogP contribution < -0.4 is 16.0 Å². The molecule has 2 fully saturated rings. The van der Waals surface area contributed by atoms with Crippen molar-refractivity contribution in [2.45, 2.75) is 32.2 Å². The van der Waals surface area contributed by atoms with E-state index in [9.17, 15) is 9.59 Å². The van der Waals surface area contributed by atoms with Crippen LogP contribution in [0.5, 0.6) is 0 Å². The molecular weight excluding hydrogens is 298 g/mol. The molecule has 3 amide bonds. The number of piperidine rings is 1. The first kappa shape index (κ1) is 17.5. The van der Waals surface area contributed by atoms with Crippen molar-refractivity contribution in [2.24, 2.45) is 10.9 Å². The number of ether oxygens (including phenoxy) is 1. The van der Waals surface area contributed by atoms with E-state index in [1.165, 1.54) is 0 Å². The average molecular weight is 325 g/mol. The van der Waals surface area contributed by atoms with Gasteiger partial charge in [0, 0.05) is 26.7 Å². The predicted octanol–water partition coefficient (Wildman–Crippen LogP) is -0.0916. The van der Waals surface area contributed by atoms with E-state index in [4.69, 9.17) is 4.74 Å². The number of carbonyl (C=O) groups is 2. The zero-order valence-corrected chi connectivity index (χ0v) is 14.1. The number of urea groups is 1. The number of carbonyl (C=O) groups excluding carboxylic acids is 2. The number of imide groups is 1. The van der Waals surface area contributed by atoms with Gasteiger partial charge in [0.1, 0.15) is 5.54 Å². The van der Waals surface area contributed by atoms with Gasteiger partial charge in [0.05, 0.1) is 13.2 Å². The molecule has 0 aliphatic carbocycles. The molecule has 3 N–H and O–H groups in total. The number of rotatable bonds is 5. The van der Waals surface area contributed by atoms with E-state index in [1.54, 1.807) is 7.11 Å². The van der Waals surface area contributed by atoms with Crippen LogP contribution in [0, 0.1) is 5.92 Å². The van der Waals surface area contributed by atoms with Crippen molar-refractivity contribution < 1.29 is 14.3 Å². The van der Waals surface area contributed by atoms with Crippen LogP contribution in [0.2, 0.25) is 0 Å². The number of nitrogens with one attached hydrogen (secondary N) is 3. The largest absolute Gasteiger partial charge is 0.383 e. The molecule has 0 aromatic carbocycles. The van der Waals surface area contributed by atoms with Crippen LogP contribution in [0.4, 0.5) is 4.79 Å². The maximum Gasteiger partial charge on any atom is 0.322 e. The summed E-state index contributed by atoms with van der Waals surface area (Å²) in [7, 11) is 1.66. The molecule has 8 nitrogen and oxygen atoms in total. The molecule has 0 aromatic rings. The van der Waals surface area contributed by atoms with Crippen LogP contribution in [0.15, 0.2) is 4.99 Å². The number of methoxy groups -OCH3 is 1. The Balaban J connectivity index is 1.95. The maximum atomic E-state index is 12.0. The van der Waals surface area contributed by atoms with Gasteiger partial charge in [-0.1, -0.05) is 0 Å². The molecule has 23 heavy (non-hydrogen) atoms. The molecule has 2 aliphatic heterocycles. The summed E-state index contributed by atoms with van der Waals surface area (Å²) in [5, 5.41) is 8.41. The summed E-state index contributed by atoms with van der Waals surface area (Å²) < 4.78 is 5.04. The number of amides is 3. The minimum Gasteiger partial charge on any atom is -0.383 e. The van der Waals surface area contributed by atoms with E-state index >= 15 is 0 Å². The summed E-state index contributed by atoms with van der Waals surface area (Å²) in [5.74, 6) is 0.793. The second kappa shape index (κ2) is 7.63. The van der Waals surface area contributed by atoms with Crippen LogP contribution in [0.3, 0.4) is 0 Å². The number of nitrogens with zero attached hydrogens (tertiary/aromatic N) is 2. The van der Waals surface area contributed by atoms with Gasteiger partial charge in [0.25, 0.3) is 5.91 Å². The average Bonchev–Trinajstić information content (AvgIpc) is 2.80. The molecule has 0 bridgehead atoms. The van der Waals surface area contributed by atoms with Crippen molar-refractivity contribution >= 4 is 17.9 Å². The minimum absolute atomic E-state index is 0.132. The first-order valence-electron chi connectivity index (χ1n) is 8.17. The highest BCUT2D eigenvalue weighted by Gasteiger charge is 2.48. The lowest BCUT2D eigenvalue weighted by molar-refractivity contribution is -0.125. The first-order chi connectivity index (χ1) is 11.0. The molecule has 0 saturated carbocycles. The van der Waals surface area contributed by atoms with Crippen LogP contribution >= 0.6 is 0 Å². The lowest BCUT2D eigenvalue weighted by atomic mass is 9.79. The summed E-state index contributed by atoms with van der Waals surface area (Å²) in [4.78, 5) is 30.2. The monoisotopic (exact) mass is 325 g/mol. The number of guanidine groups is 1. The van der Waals surface area contributed by atoms with E-state index < -0.39 is 11.6 Å². The summed E-state index contributed by atoms with van der Waals surface area (Å²) in [6.45, 7) is 7.49. The fourth-order valence-corrected chi connectivity index (χ4v) is 3.18. The Kier molecular flexibility index (Phi) is 5.81. The van der Waals surface area contributed by atoms with Gasteiger partial charge in [0.15, 0.2) is 5.96 Å². The van der Waals surface area contributed by atoms with E-state index in [0.29, 0.717) is 13.2 Å². The third kappa shape index (κ3) is 3.93. The Hall–Kier alpha value is -1.83. The Labute approximate surface area is 137 Å². The summed E-state index contributed by atoms with van der Waals surface area (Å²) in [6.07, 6.45) is 1.66. The highest BCUT2D eigenvalue weighted by molar-refractivity contribution is 6.07. The lowest BCUT2D eigenvalue weighted by Crippen LogP contribution is -2.55. The molecule has 2 saturated heterocycles. The van der Waals surface area contributed by atoms with Gasteiger partial charge in [-0.05, 0) is 32.6 Å². The summed E-state index contributed by atoms with van der Waals surface area (Å²) in [6, 6.07) is -0.394. The zero-order chi connectivity index (χ0) is 16.9. The molecule has 2 heterocycles. The summed E-state index contributed by atoms with van der Waals surface area (Å²) in [5.41, 5.74) is -0.797. The molecule has 0 aromatic heterocycles. The molecule has 1 atom stereocenters. The lowest BCUT2D eigenvalue weighted by Gasteiger charge is -2.39. The third-order valence-electron chi connectivity index (χ3n) is 4.57. The van der Waals surface area contributed by atoms with Gasteiger partial charge in [-0.2, -0.15) is 0 Å². The zero-order valence-electron chi connectivity index (χ0n) is 14.1. The Morgan fingerprint density at radius 3 is 2.65 bits per heavy atom. The highest BCUT2D eigenvalue weighted by Crippen LogP contribution is 2.30. The van der Waals surface area contributed by atoms with Gasteiger partial charge in [0.2, 0.25) is 0 Å². The third-order valence-corrected chi connectivity index (χ3v) is 4.57. The molecule has 2 aliphatic rings. The van der Waals surface area contributed by atoms with Gasteiger partial charge in [-0.15, -0.1) is 0 Å². The first-order valence-corrected chi connectivity index (χ1v) is 8.17. The number of likely N-dealkylation sites (tertiary alicyclic amines) is 1. The SMILES string of the molecule is CCNC(=NCCOC)N1CCC(C2(C)NC(=O)NC2=O)CC1. The van der Waals surface area contributed by atoms with E-state index in [0.717, 1.165) is 38.4 Å². The van der Waals surface area contributed by atoms with E-state index in [1.807, 2.05) is 13.8 Å². The van der Waals surface area contributed by atoms with Crippen LogP contribution in [-0.4, -0.2) is 68.2 Å². The van der Waals surface area contributed by atoms with Crippen LogP contribution in [-0.2, 0) is 9.53 Å². The van der Waals surface area contributed by atoms with Gasteiger partial charge in [-0.3, -0.25) is 15.1 Å².